The van der Waals surface area contributed by atoms with Crippen LogP contribution < -0.4 is 0 Å². The first-order chi connectivity index (χ1) is 8.27. The fourth-order valence-corrected chi connectivity index (χ4v) is 4.86. The average molecular weight is 254 g/mol. The summed E-state index contributed by atoms with van der Waals surface area (Å²) in [7, 11) is 0. The van der Waals surface area contributed by atoms with E-state index in [9.17, 15) is 10.2 Å². The van der Waals surface area contributed by atoms with Crippen LogP contribution in [0, 0.1) is 23.7 Å². The molecule has 2 bridgehead atoms. The zero-order valence-electron chi connectivity index (χ0n) is 11.9. The highest BCUT2D eigenvalue weighted by Crippen LogP contribution is 2.61. The third-order valence-electron chi connectivity index (χ3n) is 6.03. The van der Waals surface area contributed by atoms with Gasteiger partial charge in [0, 0.05) is 5.92 Å². The Bertz CT molecular complexity index is 352. The van der Waals surface area contributed by atoms with E-state index < -0.39 is 11.2 Å². The molecule has 2 N–H and O–H groups in total. The van der Waals surface area contributed by atoms with Crippen molar-refractivity contribution in [2.45, 2.75) is 70.4 Å². The Kier molecular flexibility index (Phi) is 2.66. The molecule has 0 aromatic rings. The molecule has 104 valence electrons. The molecule has 0 aromatic heterocycles. The first kappa shape index (κ1) is 12.9. The van der Waals surface area contributed by atoms with Crippen molar-refractivity contribution in [1.82, 2.24) is 0 Å². The zero-order chi connectivity index (χ0) is 13.3. The second-order valence-corrected chi connectivity index (χ2v) is 7.45. The van der Waals surface area contributed by atoms with Crippen LogP contribution in [0.4, 0.5) is 0 Å². The Hall–Kier alpha value is -0.120. The molecule has 2 heterocycles. The second-order valence-electron chi connectivity index (χ2n) is 7.45. The molecule has 2 saturated heterocycles. The van der Waals surface area contributed by atoms with E-state index in [-0.39, 0.29) is 18.1 Å². The van der Waals surface area contributed by atoms with Gasteiger partial charge in [0.2, 0.25) is 0 Å². The van der Waals surface area contributed by atoms with Crippen LogP contribution in [0.25, 0.3) is 0 Å². The van der Waals surface area contributed by atoms with Crippen molar-refractivity contribution in [2.75, 3.05) is 0 Å². The molecule has 3 aliphatic rings. The Morgan fingerprint density at radius 3 is 2.56 bits per heavy atom. The van der Waals surface area contributed by atoms with Gasteiger partial charge in [0.05, 0.1) is 23.4 Å². The number of hydrogen-bond acceptors (Lipinski definition) is 3. The summed E-state index contributed by atoms with van der Waals surface area (Å²) in [6.45, 7) is 8.39. The molecule has 3 fully saturated rings. The van der Waals surface area contributed by atoms with Gasteiger partial charge in [0.15, 0.2) is 0 Å². The summed E-state index contributed by atoms with van der Waals surface area (Å²) in [6, 6.07) is 0. The fraction of sp³-hybridized carbons (Fsp3) is 1.00. The van der Waals surface area contributed by atoms with Gasteiger partial charge in [0.1, 0.15) is 0 Å². The van der Waals surface area contributed by atoms with Gasteiger partial charge in [-0.1, -0.05) is 13.8 Å². The molecular formula is C15H26O3. The highest BCUT2D eigenvalue weighted by atomic mass is 16.5. The van der Waals surface area contributed by atoms with Gasteiger partial charge in [-0.3, -0.25) is 0 Å². The molecule has 2 aliphatic heterocycles. The molecule has 0 amide bonds. The lowest BCUT2D eigenvalue weighted by atomic mass is 9.76. The van der Waals surface area contributed by atoms with Crippen LogP contribution in [-0.4, -0.2) is 33.6 Å². The summed E-state index contributed by atoms with van der Waals surface area (Å²) in [5.41, 5.74) is -1.05. The Balaban J connectivity index is 2.01. The summed E-state index contributed by atoms with van der Waals surface area (Å²) < 4.78 is 6.26. The largest absolute Gasteiger partial charge is 0.390 e. The molecule has 0 radical (unpaired) electrons. The van der Waals surface area contributed by atoms with Gasteiger partial charge < -0.3 is 14.9 Å². The van der Waals surface area contributed by atoms with Crippen LogP contribution in [0.1, 0.15) is 47.0 Å². The number of rotatable bonds is 1. The fourth-order valence-electron chi connectivity index (χ4n) is 4.86. The van der Waals surface area contributed by atoms with Gasteiger partial charge in [0.25, 0.3) is 0 Å². The quantitative estimate of drug-likeness (QED) is 0.752. The third kappa shape index (κ3) is 1.47. The number of aliphatic hydroxyl groups excluding tert-OH is 1. The molecule has 0 aromatic carbocycles. The Morgan fingerprint density at radius 2 is 1.94 bits per heavy atom. The van der Waals surface area contributed by atoms with Crippen LogP contribution in [-0.2, 0) is 4.74 Å². The Labute approximate surface area is 110 Å². The first-order valence-electron chi connectivity index (χ1n) is 7.35. The van der Waals surface area contributed by atoms with Gasteiger partial charge in [-0.15, -0.1) is 0 Å². The molecule has 1 aliphatic carbocycles. The predicted molar refractivity (Wildman–Crippen MR) is 69.1 cm³/mol. The molecule has 3 rings (SSSR count). The number of aliphatic hydroxyl groups is 2. The minimum Gasteiger partial charge on any atom is -0.390 e. The minimum absolute atomic E-state index is 0.126. The van der Waals surface area contributed by atoms with Crippen molar-refractivity contribution in [3.8, 4) is 0 Å². The maximum atomic E-state index is 10.7. The van der Waals surface area contributed by atoms with E-state index in [4.69, 9.17) is 4.74 Å². The van der Waals surface area contributed by atoms with Crippen LogP contribution in [0.2, 0.25) is 0 Å². The first-order valence-corrected chi connectivity index (χ1v) is 7.35. The van der Waals surface area contributed by atoms with Crippen molar-refractivity contribution < 1.29 is 14.9 Å². The van der Waals surface area contributed by atoms with E-state index in [2.05, 4.69) is 13.8 Å². The third-order valence-corrected chi connectivity index (χ3v) is 6.03. The summed E-state index contributed by atoms with van der Waals surface area (Å²) in [6.07, 6.45) is 2.38. The Morgan fingerprint density at radius 1 is 1.28 bits per heavy atom. The normalized spacial score (nSPS) is 59.2. The van der Waals surface area contributed by atoms with Crippen LogP contribution in [0.3, 0.4) is 0 Å². The van der Waals surface area contributed by atoms with E-state index in [1.807, 2.05) is 13.8 Å². The van der Waals surface area contributed by atoms with E-state index >= 15 is 0 Å². The van der Waals surface area contributed by atoms with Crippen molar-refractivity contribution in [1.29, 1.82) is 0 Å². The maximum absolute atomic E-state index is 10.7. The van der Waals surface area contributed by atoms with Crippen molar-refractivity contribution >= 4 is 0 Å². The van der Waals surface area contributed by atoms with Gasteiger partial charge in [-0.05, 0) is 50.9 Å². The number of ether oxygens (including phenoxy) is 1. The van der Waals surface area contributed by atoms with Crippen LogP contribution >= 0.6 is 0 Å². The van der Waals surface area contributed by atoms with E-state index in [0.717, 1.165) is 19.3 Å². The van der Waals surface area contributed by atoms with Gasteiger partial charge in [-0.2, -0.15) is 0 Å². The molecule has 7 unspecified atom stereocenters. The predicted octanol–water partition coefficient (Wildman–Crippen LogP) is 1.96. The number of fused-ring (bicyclic) bond motifs is 5. The van der Waals surface area contributed by atoms with Gasteiger partial charge >= 0.3 is 0 Å². The van der Waals surface area contributed by atoms with Crippen molar-refractivity contribution in [3.63, 3.8) is 0 Å². The van der Waals surface area contributed by atoms with Crippen molar-refractivity contribution in [3.05, 3.63) is 0 Å². The lowest BCUT2D eigenvalue weighted by molar-refractivity contribution is -0.189. The highest BCUT2D eigenvalue weighted by molar-refractivity contribution is 5.15. The lowest BCUT2D eigenvalue weighted by Crippen LogP contribution is -2.50. The molecule has 18 heavy (non-hydrogen) atoms. The average Bonchev–Trinajstić information content (AvgIpc) is 2.70. The van der Waals surface area contributed by atoms with E-state index in [1.165, 1.54) is 0 Å². The lowest BCUT2D eigenvalue weighted by Gasteiger charge is -2.43. The molecule has 0 spiro atoms. The summed E-state index contributed by atoms with van der Waals surface area (Å²) >= 11 is 0. The van der Waals surface area contributed by atoms with Crippen molar-refractivity contribution in [2.24, 2.45) is 23.7 Å². The monoisotopic (exact) mass is 254 g/mol. The van der Waals surface area contributed by atoms with E-state index in [0.29, 0.717) is 17.8 Å². The summed E-state index contributed by atoms with van der Waals surface area (Å²) in [5.74, 6) is 1.38. The maximum Gasteiger partial charge on any atom is 0.0948 e. The molecule has 3 nitrogen and oxygen atoms in total. The smallest absolute Gasteiger partial charge is 0.0948 e. The van der Waals surface area contributed by atoms with Crippen LogP contribution in [0.5, 0.6) is 0 Å². The van der Waals surface area contributed by atoms with Gasteiger partial charge in [-0.25, -0.2) is 0 Å². The summed E-state index contributed by atoms with van der Waals surface area (Å²) in [5, 5.41) is 21.1. The zero-order valence-corrected chi connectivity index (χ0v) is 11.9. The molecule has 1 saturated carbocycles. The van der Waals surface area contributed by atoms with Crippen LogP contribution in [0.15, 0.2) is 0 Å². The molecular weight excluding hydrogens is 228 g/mol. The second kappa shape index (κ2) is 3.71. The standard InChI is InChI=1S/C15H26O3/c1-8(2)9-7-11(16)15(4)10-5-6-14(3,17)12(10)13(9)18-15/h8-13,16-17H,5-7H2,1-4H3. The topological polar surface area (TPSA) is 49.7 Å². The minimum atomic E-state index is -0.621. The molecule has 7 atom stereocenters. The number of hydrogen-bond donors (Lipinski definition) is 2. The summed E-state index contributed by atoms with van der Waals surface area (Å²) in [4.78, 5) is 0. The van der Waals surface area contributed by atoms with E-state index in [1.54, 1.807) is 0 Å². The SMILES string of the molecule is CC(C)C1CC(O)C2(C)OC1C1C2CCC1(C)O. The molecule has 3 heteroatoms. The highest BCUT2D eigenvalue weighted by Gasteiger charge is 2.67.